The Bertz CT molecular complexity index is 1290. The summed E-state index contributed by atoms with van der Waals surface area (Å²) in [5.74, 6) is 1.32. The normalized spacial score (nSPS) is 26.0. The minimum absolute atomic E-state index is 0. The van der Waals surface area contributed by atoms with Crippen molar-refractivity contribution in [2.45, 2.75) is 54.6 Å². The standard InChI is InChI=1S/C31H35NO3S.ClH/c33-36(34)23-31(29-13-7-8-14-30(29)36)15-17-32(18-16-31)21-26-19-27(35-22-24-9-3-1-4-10-24)20-28(26)25-11-5-2-6-12-25;/h1-14,26-28H,15-23H2;1H. The highest BCUT2D eigenvalue weighted by molar-refractivity contribution is 7.91. The summed E-state index contributed by atoms with van der Waals surface area (Å²) in [6.45, 7) is 3.63. The van der Waals surface area contributed by atoms with Crippen molar-refractivity contribution in [2.75, 3.05) is 25.4 Å². The molecule has 3 atom stereocenters. The summed E-state index contributed by atoms with van der Waals surface area (Å²) in [7, 11) is -3.17. The van der Waals surface area contributed by atoms with Crippen LogP contribution in [-0.2, 0) is 26.6 Å². The molecule has 1 spiro atoms. The Morgan fingerprint density at radius 2 is 1.49 bits per heavy atom. The summed E-state index contributed by atoms with van der Waals surface area (Å²) < 4.78 is 32.1. The van der Waals surface area contributed by atoms with Crippen molar-refractivity contribution in [2.24, 2.45) is 5.92 Å². The molecule has 4 nitrogen and oxygen atoms in total. The van der Waals surface area contributed by atoms with Gasteiger partial charge in [0.15, 0.2) is 9.84 Å². The van der Waals surface area contributed by atoms with Crippen LogP contribution >= 0.6 is 12.4 Å². The molecule has 2 aliphatic heterocycles. The first-order valence-electron chi connectivity index (χ1n) is 13.3. The van der Waals surface area contributed by atoms with E-state index in [0.717, 1.165) is 50.9 Å². The Balaban J connectivity index is 0.00000280. The third-order valence-corrected chi connectivity index (χ3v) is 10.7. The molecule has 0 bridgehead atoms. The number of hydrogen-bond acceptors (Lipinski definition) is 4. The number of hydrogen-bond donors (Lipinski definition) is 0. The number of nitrogens with zero attached hydrogens (tertiary/aromatic N) is 1. The maximum Gasteiger partial charge on any atom is 0.179 e. The molecule has 1 aliphatic carbocycles. The molecule has 0 radical (unpaired) electrons. The van der Waals surface area contributed by atoms with E-state index < -0.39 is 9.84 Å². The van der Waals surface area contributed by atoms with Crippen molar-refractivity contribution in [1.82, 2.24) is 4.90 Å². The lowest BCUT2D eigenvalue weighted by Crippen LogP contribution is -2.45. The van der Waals surface area contributed by atoms with Crippen molar-refractivity contribution in [3.05, 3.63) is 102 Å². The van der Waals surface area contributed by atoms with Gasteiger partial charge in [0.25, 0.3) is 0 Å². The predicted octanol–water partition coefficient (Wildman–Crippen LogP) is 6.01. The molecule has 196 valence electrons. The molecular formula is C31H36ClNO3S. The lowest BCUT2D eigenvalue weighted by Gasteiger charge is -2.40. The fourth-order valence-corrected chi connectivity index (χ4v) is 9.15. The first-order chi connectivity index (χ1) is 17.5. The van der Waals surface area contributed by atoms with E-state index in [2.05, 4.69) is 59.5 Å². The van der Waals surface area contributed by atoms with Gasteiger partial charge in [-0.15, -0.1) is 12.4 Å². The molecule has 3 unspecified atom stereocenters. The van der Waals surface area contributed by atoms with E-state index in [1.54, 1.807) is 6.07 Å². The van der Waals surface area contributed by atoms with Gasteiger partial charge in [0.1, 0.15) is 0 Å². The maximum absolute atomic E-state index is 12.9. The van der Waals surface area contributed by atoms with Gasteiger partial charge in [0.05, 0.1) is 23.4 Å². The van der Waals surface area contributed by atoms with Crippen LogP contribution in [0.4, 0.5) is 0 Å². The molecule has 0 N–H and O–H groups in total. The molecule has 1 saturated carbocycles. The van der Waals surface area contributed by atoms with Crippen LogP contribution in [0.15, 0.2) is 89.8 Å². The third-order valence-electron chi connectivity index (χ3n) is 8.77. The Hall–Kier alpha value is -2.18. The maximum atomic E-state index is 12.9. The molecule has 37 heavy (non-hydrogen) atoms. The quantitative estimate of drug-likeness (QED) is 0.386. The van der Waals surface area contributed by atoms with Crippen LogP contribution in [0.1, 0.15) is 48.3 Å². The van der Waals surface area contributed by atoms with E-state index in [9.17, 15) is 8.42 Å². The highest BCUT2D eigenvalue weighted by atomic mass is 35.5. The van der Waals surface area contributed by atoms with Crippen LogP contribution in [0, 0.1) is 5.92 Å². The van der Waals surface area contributed by atoms with E-state index in [1.807, 2.05) is 24.3 Å². The molecule has 3 aromatic rings. The zero-order valence-electron chi connectivity index (χ0n) is 21.2. The third kappa shape index (κ3) is 5.37. The van der Waals surface area contributed by atoms with Gasteiger partial charge in [-0.05, 0) is 73.4 Å². The van der Waals surface area contributed by atoms with Crippen LogP contribution in [0.3, 0.4) is 0 Å². The topological polar surface area (TPSA) is 46.6 Å². The monoisotopic (exact) mass is 537 g/mol. The Labute approximate surface area is 227 Å². The van der Waals surface area contributed by atoms with Gasteiger partial charge in [-0.3, -0.25) is 0 Å². The van der Waals surface area contributed by atoms with Gasteiger partial charge < -0.3 is 9.64 Å². The number of ether oxygens (including phenoxy) is 1. The van der Waals surface area contributed by atoms with Crippen LogP contribution in [-0.4, -0.2) is 44.8 Å². The van der Waals surface area contributed by atoms with Crippen LogP contribution in [0.2, 0.25) is 0 Å². The second kappa shape index (κ2) is 10.9. The number of fused-ring (bicyclic) bond motifs is 2. The molecule has 6 rings (SSSR count). The molecule has 0 aromatic heterocycles. The van der Waals surface area contributed by atoms with Crippen molar-refractivity contribution in [1.29, 1.82) is 0 Å². The van der Waals surface area contributed by atoms with E-state index in [0.29, 0.717) is 23.3 Å². The summed E-state index contributed by atoms with van der Waals surface area (Å²) in [6.07, 6.45) is 4.24. The van der Waals surface area contributed by atoms with E-state index in [1.165, 1.54) is 11.1 Å². The van der Waals surface area contributed by atoms with Gasteiger partial charge in [0, 0.05) is 12.0 Å². The number of benzene rings is 3. The van der Waals surface area contributed by atoms with Gasteiger partial charge in [-0.2, -0.15) is 0 Å². The summed E-state index contributed by atoms with van der Waals surface area (Å²) in [4.78, 5) is 3.15. The number of halogens is 1. The first kappa shape index (κ1) is 26.4. The second-order valence-electron chi connectivity index (χ2n) is 11.0. The minimum Gasteiger partial charge on any atom is -0.374 e. The summed E-state index contributed by atoms with van der Waals surface area (Å²) >= 11 is 0. The van der Waals surface area contributed by atoms with E-state index in [4.69, 9.17) is 4.74 Å². The fourth-order valence-electron chi connectivity index (χ4n) is 6.91. The molecule has 0 amide bonds. The van der Waals surface area contributed by atoms with Gasteiger partial charge in [-0.1, -0.05) is 78.9 Å². The van der Waals surface area contributed by atoms with Gasteiger partial charge >= 0.3 is 0 Å². The molecule has 2 heterocycles. The first-order valence-corrected chi connectivity index (χ1v) is 14.9. The number of rotatable bonds is 6. The van der Waals surface area contributed by atoms with Crippen molar-refractivity contribution in [3.63, 3.8) is 0 Å². The Morgan fingerprint density at radius 3 is 2.22 bits per heavy atom. The Morgan fingerprint density at radius 1 is 0.838 bits per heavy atom. The van der Waals surface area contributed by atoms with Crippen molar-refractivity contribution in [3.8, 4) is 0 Å². The molecule has 6 heteroatoms. The zero-order chi connectivity index (χ0) is 24.6. The lowest BCUT2D eigenvalue weighted by atomic mass is 9.74. The number of piperidine rings is 1. The molecular weight excluding hydrogens is 502 g/mol. The average molecular weight is 538 g/mol. The summed E-state index contributed by atoms with van der Waals surface area (Å²) in [5.41, 5.74) is 3.49. The average Bonchev–Trinajstić information content (AvgIpc) is 3.41. The van der Waals surface area contributed by atoms with Crippen LogP contribution in [0.5, 0.6) is 0 Å². The lowest BCUT2D eigenvalue weighted by molar-refractivity contribution is 0.0405. The predicted molar refractivity (Wildman–Crippen MR) is 150 cm³/mol. The summed E-state index contributed by atoms with van der Waals surface area (Å²) in [6, 6.07) is 29.1. The van der Waals surface area contributed by atoms with Crippen LogP contribution < -0.4 is 0 Å². The molecule has 1 saturated heterocycles. The second-order valence-corrected chi connectivity index (χ2v) is 13.0. The highest BCUT2D eigenvalue weighted by Gasteiger charge is 2.48. The van der Waals surface area contributed by atoms with Gasteiger partial charge in [0.2, 0.25) is 0 Å². The largest absolute Gasteiger partial charge is 0.374 e. The number of sulfone groups is 1. The Kier molecular flexibility index (Phi) is 7.78. The van der Waals surface area contributed by atoms with E-state index >= 15 is 0 Å². The molecule has 3 aliphatic rings. The fraction of sp³-hybridized carbons (Fsp3) is 0.419. The van der Waals surface area contributed by atoms with Gasteiger partial charge in [-0.25, -0.2) is 8.42 Å². The van der Waals surface area contributed by atoms with Crippen LogP contribution in [0.25, 0.3) is 0 Å². The highest BCUT2D eigenvalue weighted by Crippen LogP contribution is 2.47. The van der Waals surface area contributed by atoms with Crippen molar-refractivity contribution < 1.29 is 13.2 Å². The molecule has 2 fully saturated rings. The minimum atomic E-state index is -3.17. The van der Waals surface area contributed by atoms with Crippen molar-refractivity contribution >= 4 is 22.2 Å². The number of likely N-dealkylation sites (tertiary alicyclic amines) is 1. The smallest absolute Gasteiger partial charge is 0.179 e. The molecule has 3 aromatic carbocycles. The SMILES string of the molecule is Cl.O=S1(=O)CC2(CCN(CC3CC(OCc4ccccc4)CC3c3ccccc3)CC2)c2ccccc21. The summed E-state index contributed by atoms with van der Waals surface area (Å²) in [5, 5.41) is 0. The van der Waals surface area contributed by atoms with E-state index in [-0.39, 0.29) is 29.7 Å². The zero-order valence-corrected chi connectivity index (χ0v) is 22.8.